The van der Waals surface area contributed by atoms with Gasteiger partial charge in [0.25, 0.3) is 5.91 Å². The Morgan fingerprint density at radius 2 is 2.00 bits per heavy atom. The summed E-state index contributed by atoms with van der Waals surface area (Å²) in [6.45, 7) is -1.69. The molecule has 0 saturated heterocycles. The maximum absolute atomic E-state index is 13.3. The zero-order valence-corrected chi connectivity index (χ0v) is 11.8. The molecule has 1 amide bonds. The average molecular weight is 363 g/mol. The van der Waals surface area contributed by atoms with Crippen LogP contribution in [-0.2, 0) is 0 Å². The molecule has 0 aliphatic carbocycles. The number of benzene rings is 1. The van der Waals surface area contributed by atoms with Gasteiger partial charge in [0.05, 0.1) is 4.47 Å². The highest BCUT2D eigenvalue weighted by atomic mass is 79.9. The van der Waals surface area contributed by atoms with Crippen LogP contribution in [0, 0.1) is 5.82 Å². The van der Waals surface area contributed by atoms with E-state index >= 15 is 0 Å². The molecule has 0 atom stereocenters. The zero-order chi connectivity index (χ0) is 14.6. The summed E-state index contributed by atoms with van der Waals surface area (Å²) in [5.41, 5.74) is -0.157. The first-order valence-electron chi connectivity index (χ1n) is 5.11. The van der Waals surface area contributed by atoms with E-state index in [1.165, 1.54) is 12.1 Å². The molecule has 0 radical (unpaired) electrons. The maximum Gasteiger partial charge on any atom is 0.406 e. The Labute approximate surface area is 120 Å². The van der Waals surface area contributed by atoms with E-state index < -0.39 is 24.4 Å². The molecule has 8 heteroatoms. The average Bonchev–Trinajstić information content (AvgIpc) is 2.29. The lowest BCUT2D eigenvalue weighted by atomic mass is 10.2. The van der Waals surface area contributed by atoms with E-state index in [0.717, 1.165) is 6.07 Å². The molecule has 0 N–H and O–H groups in total. The van der Waals surface area contributed by atoms with Crippen molar-refractivity contribution in [2.45, 2.75) is 6.18 Å². The van der Waals surface area contributed by atoms with Gasteiger partial charge in [-0.2, -0.15) is 13.2 Å². The monoisotopic (exact) mass is 361 g/mol. The number of hydrogen-bond donors (Lipinski definition) is 0. The summed E-state index contributed by atoms with van der Waals surface area (Å²) in [5, 5.41) is 0. The first-order chi connectivity index (χ1) is 8.74. The van der Waals surface area contributed by atoms with Crippen LogP contribution in [0.4, 0.5) is 17.6 Å². The number of hydrogen-bond acceptors (Lipinski definition) is 1. The van der Waals surface area contributed by atoms with E-state index in [9.17, 15) is 22.4 Å². The van der Waals surface area contributed by atoms with Crippen LogP contribution in [0.2, 0.25) is 0 Å². The van der Waals surface area contributed by atoms with Crippen LogP contribution in [0.25, 0.3) is 0 Å². The van der Waals surface area contributed by atoms with E-state index in [4.69, 9.17) is 11.6 Å². The first kappa shape index (κ1) is 16.2. The topological polar surface area (TPSA) is 20.3 Å². The zero-order valence-electron chi connectivity index (χ0n) is 9.48. The minimum atomic E-state index is -4.53. The number of rotatable bonds is 4. The van der Waals surface area contributed by atoms with Gasteiger partial charge in [0.15, 0.2) is 0 Å². The lowest BCUT2D eigenvalue weighted by Gasteiger charge is -2.23. The van der Waals surface area contributed by atoms with Gasteiger partial charge in [0.1, 0.15) is 12.4 Å². The number of amides is 1. The fraction of sp³-hybridized carbons (Fsp3) is 0.364. The van der Waals surface area contributed by atoms with Gasteiger partial charge in [-0.25, -0.2) is 4.39 Å². The molecule has 0 spiro atoms. The maximum atomic E-state index is 13.3. The standard InChI is InChI=1S/C11H9BrClF4NO/c12-8-2-1-7(5-9(8)14)10(19)18(4-3-13)6-11(15,16)17/h1-2,5H,3-4,6H2. The molecule has 1 aromatic carbocycles. The van der Waals surface area contributed by atoms with Gasteiger partial charge in [0.2, 0.25) is 0 Å². The van der Waals surface area contributed by atoms with Gasteiger partial charge in [-0.05, 0) is 34.1 Å². The second-order valence-electron chi connectivity index (χ2n) is 3.66. The fourth-order valence-electron chi connectivity index (χ4n) is 1.38. The molecule has 1 rings (SSSR count). The predicted octanol–water partition coefficient (Wildman–Crippen LogP) is 3.83. The number of carbonyl (C=O) groups excluding carboxylic acids is 1. The van der Waals surface area contributed by atoms with Crippen LogP contribution in [0.1, 0.15) is 10.4 Å². The van der Waals surface area contributed by atoms with E-state index in [2.05, 4.69) is 15.9 Å². The second-order valence-corrected chi connectivity index (χ2v) is 4.89. The van der Waals surface area contributed by atoms with E-state index in [1.54, 1.807) is 0 Å². The SMILES string of the molecule is O=C(c1ccc(Br)c(F)c1)N(CCCl)CC(F)(F)F. The van der Waals surface area contributed by atoms with Gasteiger partial charge < -0.3 is 4.90 Å². The van der Waals surface area contributed by atoms with Crippen LogP contribution in [-0.4, -0.2) is 36.0 Å². The Morgan fingerprint density at radius 1 is 1.37 bits per heavy atom. The van der Waals surface area contributed by atoms with Gasteiger partial charge in [-0.1, -0.05) is 0 Å². The van der Waals surface area contributed by atoms with Gasteiger partial charge in [0, 0.05) is 18.0 Å². The molecular formula is C11H9BrClF4NO. The quantitative estimate of drug-likeness (QED) is 0.589. The number of nitrogens with zero attached hydrogens (tertiary/aromatic N) is 1. The Bertz CT molecular complexity index is 466. The van der Waals surface area contributed by atoms with Crippen molar-refractivity contribution in [3.05, 3.63) is 34.1 Å². The first-order valence-corrected chi connectivity index (χ1v) is 6.44. The highest BCUT2D eigenvalue weighted by Gasteiger charge is 2.33. The third-order valence-electron chi connectivity index (χ3n) is 2.18. The molecule has 0 saturated carbocycles. The van der Waals surface area contributed by atoms with Crippen LogP contribution in [0.3, 0.4) is 0 Å². The molecular weight excluding hydrogens is 353 g/mol. The Balaban J connectivity index is 2.95. The lowest BCUT2D eigenvalue weighted by molar-refractivity contribution is -0.140. The third kappa shape index (κ3) is 4.99. The third-order valence-corrected chi connectivity index (χ3v) is 2.99. The van der Waals surface area contributed by atoms with Crippen molar-refractivity contribution >= 4 is 33.4 Å². The highest BCUT2D eigenvalue weighted by Crippen LogP contribution is 2.20. The summed E-state index contributed by atoms with van der Waals surface area (Å²) in [6, 6.07) is 3.38. The Hall–Kier alpha value is -0.820. The molecule has 2 nitrogen and oxygen atoms in total. The summed E-state index contributed by atoms with van der Waals surface area (Å²) in [5.74, 6) is -1.77. The van der Waals surface area contributed by atoms with E-state index in [1.807, 2.05) is 0 Å². The van der Waals surface area contributed by atoms with E-state index in [-0.39, 0.29) is 22.5 Å². The molecule has 0 fully saturated rings. The summed E-state index contributed by atoms with van der Waals surface area (Å²) in [6.07, 6.45) is -4.53. The van der Waals surface area contributed by atoms with Crippen LogP contribution in [0.5, 0.6) is 0 Å². The molecule has 0 aromatic heterocycles. The summed E-state index contributed by atoms with van der Waals surface area (Å²) in [7, 11) is 0. The van der Waals surface area contributed by atoms with Gasteiger partial charge in [-0.15, -0.1) is 11.6 Å². The minimum absolute atomic E-state index is 0.128. The molecule has 0 aliphatic heterocycles. The van der Waals surface area contributed by atoms with Crippen molar-refractivity contribution in [1.29, 1.82) is 0 Å². The van der Waals surface area contributed by atoms with E-state index in [0.29, 0.717) is 4.90 Å². The molecule has 106 valence electrons. The Morgan fingerprint density at radius 3 is 2.47 bits per heavy atom. The number of alkyl halides is 4. The van der Waals surface area contributed by atoms with Crippen molar-refractivity contribution in [2.24, 2.45) is 0 Å². The van der Waals surface area contributed by atoms with Crippen LogP contribution < -0.4 is 0 Å². The van der Waals surface area contributed by atoms with Crippen molar-refractivity contribution in [2.75, 3.05) is 19.0 Å². The number of halogens is 6. The molecule has 0 unspecified atom stereocenters. The van der Waals surface area contributed by atoms with Crippen molar-refractivity contribution < 1.29 is 22.4 Å². The van der Waals surface area contributed by atoms with Gasteiger partial charge in [-0.3, -0.25) is 4.79 Å². The second kappa shape index (κ2) is 6.56. The molecule has 0 aliphatic rings. The number of carbonyl (C=O) groups is 1. The Kier molecular flexibility index (Phi) is 5.61. The highest BCUT2D eigenvalue weighted by molar-refractivity contribution is 9.10. The molecule has 1 aromatic rings. The summed E-state index contributed by atoms with van der Waals surface area (Å²) < 4.78 is 50.4. The largest absolute Gasteiger partial charge is 0.406 e. The normalized spacial score (nSPS) is 11.5. The smallest absolute Gasteiger partial charge is 0.328 e. The summed E-state index contributed by atoms with van der Waals surface area (Å²) >= 11 is 8.26. The predicted molar refractivity (Wildman–Crippen MR) is 66.8 cm³/mol. The van der Waals surface area contributed by atoms with Crippen molar-refractivity contribution in [3.63, 3.8) is 0 Å². The molecule has 0 bridgehead atoms. The molecule has 19 heavy (non-hydrogen) atoms. The molecule has 0 heterocycles. The van der Waals surface area contributed by atoms with Crippen molar-refractivity contribution in [3.8, 4) is 0 Å². The fourth-order valence-corrected chi connectivity index (χ4v) is 1.83. The van der Waals surface area contributed by atoms with Crippen LogP contribution >= 0.6 is 27.5 Å². The minimum Gasteiger partial charge on any atom is -0.328 e. The summed E-state index contributed by atoms with van der Waals surface area (Å²) in [4.78, 5) is 12.4. The van der Waals surface area contributed by atoms with Crippen LogP contribution in [0.15, 0.2) is 22.7 Å². The van der Waals surface area contributed by atoms with Gasteiger partial charge >= 0.3 is 6.18 Å². The van der Waals surface area contributed by atoms with Crippen molar-refractivity contribution in [1.82, 2.24) is 4.90 Å². The lowest BCUT2D eigenvalue weighted by Crippen LogP contribution is -2.40.